The third-order valence-corrected chi connectivity index (χ3v) is 1.83. The van der Waals surface area contributed by atoms with Crippen molar-refractivity contribution in [2.45, 2.75) is 19.8 Å². The smallest absolute Gasteiger partial charge is 0.237 e. The second-order valence-corrected chi connectivity index (χ2v) is 2.67. The lowest BCUT2D eigenvalue weighted by Crippen LogP contribution is -2.31. The number of aryl methyl sites for hydroxylation is 1. The molecule has 0 saturated heterocycles. The molecule has 0 N–H and O–H groups in total. The first-order valence-electron chi connectivity index (χ1n) is 3.97. The Morgan fingerprint density at radius 3 is 3.00 bits per heavy atom. The van der Waals surface area contributed by atoms with E-state index in [4.69, 9.17) is 0 Å². The molecule has 0 saturated carbocycles. The van der Waals surface area contributed by atoms with E-state index in [0.717, 1.165) is 6.42 Å². The van der Waals surface area contributed by atoms with Crippen LogP contribution in [0.4, 0.5) is 0 Å². The van der Waals surface area contributed by atoms with Gasteiger partial charge in [-0.2, -0.15) is 0 Å². The normalized spacial score (nSPS) is 10.0. The van der Waals surface area contributed by atoms with E-state index in [1.807, 2.05) is 18.6 Å². The number of nitrogens with zero attached hydrogens (tertiary/aromatic N) is 2. The number of rotatable bonds is 3. The standard InChI is InChI=1S/C9H15N2/c1-4-6-9-10(3)7-8-11(9)5-2/h5,7-8H,2,4,6H2,1,3H3/q+1. The van der Waals surface area contributed by atoms with Gasteiger partial charge in [0.15, 0.2) is 0 Å². The van der Waals surface area contributed by atoms with Crippen LogP contribution in [-0.2, 0) is 13.5 Å². The van der Waals surface area contributed by atoms with E-state index < -0.39 is 0 Å². The molecule has 1 aromatic rings. The van der Waals surface area contributed by atoms with Crippen LogP contribution in [0.2, 0.25) is 0 Å². The molecule has 0 atom stereocenters. The lowest BCUT2D eigenvalue weighted by Gasteiger charge is -1.94. The second-order valence-electron chi connectivity index (χ2n) is 2.67. The first-order chi connectivity index (χ1) is 5.29. The van der Waals surface area contributed by atoms with Crippen molar-refractivity contribution < 1.29 is 4.57 Å². The van der Waals surface area contributed by atoms with Crippen molar-refractivity contribution in [2.75, 3.05) is 0 Å². The number of hydrogen-bond acceptors (Lipinski definition) is 0. The molecule has 0 bridgehead atoms. The fraction of sp³-hybridized carbons (Fsp3) is 0.444. The summed E-state index contributed by atoms with van der Waals surface area (Å²) in [4.78, 5) is 0. The fourth-order valence-corrected chi connectivity index (χ4v) is 1.22. The zero-order valence-electron chi connectivity index (χ0n) is 7.25. The first-order valence-corrected chi connectivity index (χ1v) is 3.97. The zero-order valence-corrected chi connectivity index (χ0v) is 7.25. The molecule has 0 radical (unpaired) electrons. The quantitative estimate of drug-likeness (QED) is 0.577. The summed E-state index contributed by atoms with van der Waals surface area (Å²) in [6.45, 7) is 5.92. The SMILES string of the molecule is C=Cn1cc[n+](C)c1CCC. The highest BCUT2D eigenvalue weighted by molar-refractivity contribution is 5.17. The highest BCUT2D eigenvalue weighted by atomic mass is 15.1. The van der Waals surface area contributed by atoms with Crippen LogP contribution in [0.25, 0.3) is 6.20 Å². The van der Waals surface area contributed by atoms with Gasteiger partial charge in [-0.05, 0) is 6.42 Å². The third-order valence-electron chi connectivity index (χ3n) is 1.83. The summed E-state index contributed by atoms with van der Waals surface area (Å²) in [7, 11) is 2.06. The Hall–Kier alpha value is -1.05. The summed E-state index contributed by atoms with van der Waals surface area (Å²) >= 11 is 0. The minimum atomic E-state index is 1.11. The van der Waals surface area contributed by atoms with Gasteiger partial charge < -0.3 is 0 Å². The van der Waals surface area contributed by atoms with Crippen LogP contribution in [0, 0.1) is 0 Å². The van der Waals surface area contributed by atoms with Crippen molar-refractivity contribution in [3.05, 3.63) is 24.8 Å². The zero-order chi connectivity index (χ0) is 8.27. The van der Waals surface area contributed by atoms with Gasteiger partial charge in [-0.1, -0.05) is 13.5 Å². The summed E-state index contributed by atoms with van der Waals surface area (Å²) < 4.78 is 4.19. The molecule has 1 aromatic heterocycles. The highest BCUT2D eigenvalue weighted by Crippen LogP contribution is 1.98. The molecule has 0 aliphatic carbocycles. The van der Waals surface area contributed by atoms with E-state index in [1.165, 1.54) is 12.2 Å². The number of hydrogen-bond donors (Lipinski definition) is 0. The Morgan fingerprint density at radius 1 is 1.73 bits per heavy atom. The molecule has 2 nitrogen and oxygen atoms in total. The molecular formula is C9H15N2+. The van der Waals surface area contributed by atoms with Crippen LogP contribution in [0.1, 0.15) is 19.2 Å². The van der Waals surface area contributed by atoms with Gasteiger partial charge in [0.05, 0.1) is 13.2 Å². The van der Waals surface area contributed by atoms with E-state index in [0.29, 0.717) is 0 Å². The fourth-order valence-electron chi connectivity index (χ4n) is 1.22. The van der Waals surface area contributed by atoms with Crippen LogP contribution < -0.4 is 4.57 Å². The molecule has 0 aromatic carbocycles. The lowest BCUT2D eigenvalue weighted by atomic mass is 10.3. The molecule has 0 unspecified atom stereocenters. The summed E-state index contributed by atoms with van der Waals surface area (Å²) in [5.41, 5.74) is 0. The lowest BCUT2D eigenvalue weighted by molar-refractivity contribution is -0.678. The van der Waals surface area contributed by atoms with Crippen molar-refractivity contribution in [3.8, 4) is 0 Å². The molecule has 1 heterocycles. The average molecular weight is 151 g/mol. The average Bonchev–Trinajstić information content (AvgIpc) is 2.34. The van der Waals surface area contributed by atoms with Crippen molar-refractivity contribution in [1.82, 2.24) is 4.57 Å². The maximum absolute atomic E-state index is 3.74. The topological polar surface area (TPSA) is 8.81 Å². The van der Waals surface area contributed by atoms with E-state index in [9.17, 15) is 0 Å². The van der Waals surface area contributed by atoms with Crippen molar-refractivity contribution in [1.29, 1.82) is 0 Å². The predicted octanol–water partition coefficient (Wildman–Crippen LogP) is 1.37. The molecule has 0 spiro atoms. The molecule has 0 fully saturated rings. The molecule has 11 heavy (non-hydrogen) atoms. The summed E-state index contributed by atoms with van der Waals surface area (Å²) in [5.74, 6) is 1.31. The minimum absolute atomic E-state index is 1.11. The molecule has 0 amide bonds. The van der Waals surface area contributed by atoms with Gasteiger partial charge in [-0.25, -0.2) is 9.13 Å². The Balaban J connectivity index is 2.97. The van der Waals surface area contributed by atoms with E-state index in [-0.39, 0.29) is 0 Å². The van der Waals surface area contributed by atoms with E-state index in [2.05, 4.69) is 29.7 Å². The maximum atomic E-state index is 3.74. The van der Waals surface area contributed by atoms with Crippen LogP contribution in [-0.4, -0.2) is 4.57 Å². The largest absolute Gasteiger partial charge is 0.260 e. The van der Waals surface area contributed by atoms with Gasteiger partial charge in [0.25, 0.3) is 5.82 Å². The first kappa shape index (κ1) is 8.05. The van der Waals surface area contributed by atoms with Crippen LogP contribution in [0.5, 0.6) is 0 Å². The van der Waals surface area contributed by atoms with Gasteiger partial charge in [-0.3, -0.25) is 0 Å². The summed E-state index contributed by atoms with van der Waals surface area (Å²) in [6.07, 6.45) is 8.19. The Labute approximate surface area is 67.8 Å². The van der Waals surface area contributed by atoms with E-state index in [1.54, 1.807) is 0 Å². The number of imidazole rings is 1. The molecule has 0 aliphatic rings. The molecule has 1 rings (SSSR count). The Kier molecular flexibility index (Phi) is 2.47. The molecule has 2 heteroatoms. The van der Waals surface area contributed by atoms with Gasteiger partial charge in [0.2, 0.25) is 0 Å². The predicted molar refractivity (Wildman–Crippen MR) is 46.0 cm³/mol. The van der Waals surface area contributed by atoms with Crippen LogP contribution in [0.3, 0.4) is 0 Å². The van der Waals surface area contributed by atoms with Gasteiger partial charge in [0.1, 0.15) is 12.4 Å². The van der Waals surface area contributed by atoms with Gasteiger partial charge in [-0.15, -0.1) is 0 Å². The van der Waals surface area contributed by atoms with Gasteiger partial charge >= 0.3 is 0 Å². The highest BCUT2D eigenvalue weighted by Gasteiger charge is 2.09. The monoisotopic (exact) mass is 151 g/mol. The van der Waals surface area contributed by atoms with Crippen molar-refractivity contribution >= 4 is 6.20 Å². The maximum Gasteiger partial charge on any atom is 0.260 e. The Bertz CT molecular complexity index is 248. The Morgan fingerprint density at radius 2 is 2.45 bits per heavy atom. The van der Waals surface area contributed by atoms with Crippen molar-refractivity contribution in [2.24, 2.45) is 7.05 Å². The van der Waals surface area contributed by atoms with Crippen molar-refractivity contribution in [3.63, 3.8) is 0 Å². The molecular weight excluding hydrogens is 136 g/mol. The van der Waals surface area contributed by atoms with Gasteiger partial charge in [0, 0.05) is 6.42 Å². The number of aromatic nitrogens is 2. The van der Waals surface area contributed by atoms with Crippen LogP contribution in [0.15, 0.2) is 19.0 Å². The summed E-state index contributed by atoms with van der Waals surface area (Å²) in [6, 6.07) is 0. The third kappa shape index (κ3) is 1.50. The summed E-state index contributed by atoms with van der Waals surface area (Å²) in [5, 5.41) is 0. The molecule has 0 aliphatic heterocycles. The van der Waals surface area contributed by atoms with Crippen LogP contribution >= 0.6 is 0 Å². The second kappa shape index (κ2) is 3.37. The van der Waals surface area contributed by atoms with E-state index >= 15 is 0 Å². The minimum Gasteiger partial charge on any atom is -0.237 e. The molecule has 60 valence electrons.